The Labute approximate surface area is 113 Å². The SMILES string of the molecule is CC(NC(=O)C1CCC(C(=O)O)C1)C(=O)C(C)(C)C. The normalized spacial score (nSPS) is 24.8. The van der Waals surface area contributed by atoms with Gasteiger partial charge in [0.1, 0.15) is 0 Å². The molecule has 108 valence electrons. The maximum atomic E-state index is 12.0. The second kappa shape index (κ2) is 5.72. The van der Waals surface area contributed by atoms with Gasteiger partial charge in [-0.15, -0.1) is 0 Å². The Hall–Kier alpha value is -1.39. The Bertz CT molecular complexity index is 383. The van der Waals surface area contributed by atoms with Crippen molar-refractivity contribution in [1.29, 1.82) is 0 Å². The van der Waals surface area contributed by atoms with E-state index < -0.39 is 23.3 Å². The lowest BCUT2D eigenvalue weighted by Crippen LogP contribution is -2.45. The maximum Gasteiger partial charge on any atom is 0.306 e. The van der Waals surface area contributed by atoms with Gasteiger partial charge in [0.2, 0.25) is 5.91 Å². The standard InChI is InChI=1S/C14H23NO4/c1-8(11(16)14(2,3)4)15-12(17)9-5-6-10(7-9)13(18)19/h8-10H,5-7H2,1-4H3,(H,15,17)(H,18,19). The predicted octanol–water partition coefficient (Wildman–Crippen LogP) is 1.61. The lowest BCUT2D eigenvalue weighted by Gasteiger charge is -2.23. The third-order valence-electron chi connectivity index (χ3n) is 3.64. The van der Waals surface area contributed by atoms with E-state index in [9.17, 15) is 14.4 Å². The van der Waals surface area contributed by atoms with E-state index in [0.29, 0.717) is 19.3 Å². The lowest BCUT2D eigenvalue weighted by atomic mass is 9.87. The summed E-state index contributed by atoms with van der Waals surface area (Å²) in [5.41, 5.74) is -0.494. The number of aliphatic carboxylic acids is 1. The van der Waals surface area contributed by atoms with Crippen molar-refractivity contribution in [3.63, 3.8) is 0 Å². The number of nitrogens with one attached hydrogen (secondary N) is 1. The van der Waals surface area contributed by atoms with Crippen LogP contribution in [0.15, 0.2) is 0 Å². The molecular formula is C14H23NO4. The smallest absolute Gasteiger partial charge is 0.306 e. The Kier molecular flexibility index (Phi) is 4.71. The number of carbonyl (C=O) groups is 3. The third kappa shape index (κ3) is 4.04. The third-order valence-corrected chi connectivity index (χ3v) is 3.64. The summed E-state index contributed by atoms with van der Waals surface area (Å²) in [5, 5.41) is 11.6. The number of hydrogen-bond acceptors (Lipinski definition) is 3. The van der Waals surface area contributed by atoms with Crippen LogP contribution in [0.3, 0.4) is 0 Å². The molecule has 1 amide bonds. The quantitative estimate of drug-likeness (QED) is 0.812. The van der Waals surface area contributed by atoms with Crippen molar-refractivity contribution in [1.82, 2.24) is 5.32 Å². The lowest BCUT2D eigenvalue weighted by molar-refractivity contribution is -0.141. The van der Waals surface area contributed by atoms with Gasteiger partial charge in [-0.2, -0.15) is 0 Å². The van der Waals surface area contributed by atoms with Crippen LogP contribution in [0.1, 0.15) is 47.0 Å². The minimum absolute atomic E-state index is 0.0198. The molecule has 5 nitrogen and oxygen atoms in total. The summed E-state index contributed by atoms with van der Waals surface area (Å²) in [4.78, 5) is 34.8. The van der Waals surface area contributed by atoms with E-state index in [1.807, 2.05) is 20.8 Å². The van der Waals surface area contributed by atoms with Gasteiger partial charge in [0.15, 0.2) is 5.78 Å². The molecular weight excluding hydrogens is 246 g/mol. The van der Waals surface area contributed by atoms with Gasteiger partial charge >= 0.3 is 5.97 Å². The number of hydrogen-bond donors (Lipinski definition) is 2. The molecule has 0 aromatic carbocycles. The van der Waals surface area contributed by atoms with Crippen molar-refractivity contribution < 1.29 is 19.5 Å². The van der Waals surface area contributed by atoms with Gasteiger partial charge < -0.3 is 10.4 Å². The molecule has 1 fully saturated rings. The molecule has 0 aromatic rings. The molecule has 0 bridgehead atoms. The Morgan fingerprint density at radius 1 is 1.16 bits per heavy atom. The zero-order chi connectivity index (χ0) is 14.8. The van der Waals surface area contributed by atoms with Crippen LogP contribution < -0.4 is 5.32 Å². The van der Waals surface area contributed by atoms with E-state index in [-0.39, 0.29) is 17.6 Å². The van der Waals surface area contributed by atoms with E-state index in [4.69, 9.17) is 5.11 Å². The number of ketones is 1. The molecule has 1 saturated carbocycles. The van der Waals surface area contributed by atoms with Crippen molar-refractivity contribution in [2.75, 3.05) is 0 Å². The molecule has 0 saturated heterocycles. The summed E-state index contributed by atoms with van der Waals surface area (Å²) < 4.78 is 0. The molecule has 3 atom stereocenters. The van der Waals surface area contributed by atoms with Crippen LogP contribution in [-0.4, -0.2) is 28.8 Å². The summed E-state index contributed by atoms with van der Waals surface area (Å²) in [6.07, 6.45) is 1.49. The molecule has 5 heteroatoms. The molecule has 1 rings (SSSR count). The van der Waals surface area contributed by atoms with Crippen LogP contribution in [0.4, 0.5) is 0 Å². The van der Waals surface area contributed by atoms with Crippen LogP contribution in [0.5, 0.6) is 0 Å². The molecule has 3 unspecified atom stereocenters. The van der Waals surface area contributed by atoms with Crippen LogP contribution in [0.2, 0.25) is 0 Å². The highest BCUT2D eigenvalue weighted by atomic mass is 16.4. The number of carbonyl (C=O) groups excluding carboxylic acids is 2. The van der Waals surface area contributed by atoms with Crippen molar-refractivity contribution in [3.8, 4) is 0 Å². The van der Waals surface area contributed by atoms with Gasteiger partial charge in [0, 0.05) is 11.3 Å². The predicted molar refractivity (Wildman–Crippen MR) is 70.5 cm³/mol. The second-order valence-electron chi connectivity index (χ2n) is 6.39. The highest BCUT2D eigenvalue weighted by molar-refractivity contribution is 5.92. The van der Waals surface area contributed by atoms with Crippen molar-refractivity contribution >= 4 is 17.7 Å². The number of Topliss-reactive ketones (excluding diaryl/α,β-unsaturated/α-hetero) is 1. The van der Waals surface area contributed by atoms with Gasteiger partial charge in [0.25, 0.3) is 0 Å². The highest BCUT2D eigenvalue weighted by Gasteiger charge is 2.35. The monoisotopic (exact) mass is 269 g/mol. The van der Waals surface area contributed by atoms with Crippen LogP contribution >= 0.6 is 0 Å². The van der Waals surface area contributed by atoms with Gasteiger partial charge in [-0.25, -0.2) is 0 Å². The zero-order valence-electron chi connectivity index (χ0n) is 12.0. The molecule has 2 N–H and O–H groups in total. The van der Waals surface area contributed by atoms with Gasteiger partial charge in [-0.1, -0.05) is 20.8 Å². The molecule has 0 aliphatic heterocycles. The van der Waals surface area contributed by atoms with E-state index in [1.165, 1.54) is 0 Å². The Morgan fingerprint density at radius 2 is 1.68 bits per heavy atom. The topological polar surface area (TPSA) is 83.5 Å². The molecule has 0 radical (unpaired) electrons. The minimum Gasteiger partial charge on any atom is -0.481 e. The number of carboxylic acid groups (broad SMARTS) is 1. The van der Waals surface area contributed by atoms with Gasteiger partial charge in [-0.05, 0) is 26.2 Å². The molecule has 1 aliphatic rings. The van der Waals surface area contributed by atoms with Crippen molar-refractivity contribution in [2.45, 2.75) is 53.0 Å². The fourth-order valence-electron chi connectivity index (χ4n) is 2.49. The summed E-state index contributed by atoms with van der Waals surface area (Å²) >= 11 is 0. The van der Waals surface area contributed by atoms with E-state index >= 15 is 0 Å². The van der Waals surface area contributed by atoms with Crippen molar-refractivity contribution in [2.24, 2.45) is 17.3 Å². The maximum absolute atomic E-state index is 12.0. The largest absolute Gasteiger partial charge is 0.481 e. The fourth-order valence-corrected chi connectivity index (χ4v) is 2.49. The first-order valence-corrected chi connectivity index (χ1v) is 6.70. The highest BCUT2D eigenvalue weighted by Crippen LogP contribution is 2.31. The zero-order valence-corrected chi connectivity index (χ0v) is 12.0. The molecule has 0 heterocycles. The number of carboxylic acids is 1. The second-order valence-corrected chi connectivity index (χ2v) is 6.39. The Morgan fingerprint density at radius 3 is 2.11 bits per heavy atom. The first-order chi connectivity index (χ1) is 8.62. The number of amides is 1. The molecule has 19 heavy (non-hydrogen) atoms. The summed E-state index contributed by atoms with van der Waals surface area (Å²) in [6, 6.07) is -0.531. The molecule has 0 aromatic heterocycles. The van der Waals surface area contributed by atoms with E-state index in [0.717, 1.165) is 0 Å². The van der Waals surface area contributed by atoms with Crippen molar-refractivity contribution in [3.05, 3.63) is 0 Å². The summed E-state index contributed by atoms with van der Waals surface area (Å²) in [5.74, 6) is -1.77. The Balaban J connectivity index is 2.53. The van der Waals surface area contributed by atoms with Crippen LogP contribution in [0.25, 0.3) is 0 Å². The first-order valence-electron chi connectivity index (χ1n) is 6.70. The minimum atomic E-state index is -0.839. The first kappa shape index (κ1) is 15.7. The summed E-state index contributed by atoms with van der Waals surface area (Å²) in [7, 11) is 0. The average molecular weight is 269 g/mol. The number of rotatable bonds is 4. The molecule has 0 spiro atoms. The van der Waals surface area contributed by atoms with Gasteiger partial charge in [0.05, 0.1) is 12.0 Å². The molecule has 1 aliphatic carbocycles. The van der Waals surface area contributed by atoms with E-state index in [2.05, 4.69) is 5.32 Å². The van der Waals surface area contributed by atoms with Crippen LogP contribution in [-0.2, 0) is 14.4 Å². The fraction of sp³-hybridized carbons (Fsp3) is 0.786. The van der Waals surface area contributed by atoms with E-state index in [1.54, 1.807) is 6.92 Å². The van der Waals surface area contributed by atoms with Crippen LogP contribution in [0, 0.1) is 17.3 Å². The summed E-state index contributed by atoms with van der Waals surface area (Å²) in [6.45, 7) is 7.12. The average Bonchev–Trinajstić information content (AvgIpc) is 2.75. The van der Waals surface area contributed by atoms with Gasteiger partial charge in [-0.3, -0.25) is 14.4 Å².